The third-order valence-corrected chi connectivity index (χ3v) is 5.44. The summed E-state index contributed by atoms with van der Waals surface area (Å²) in [7, 11) is 0. The van der Waals surface area contributed by atoms with Gasteiger partial charge in [-0.05, 0) is 42.7 Å². The SMILES string of the molecule is C#Cc1cnc(N2CCN(C(=O)Cc3ccc(C4CC4)cc3)C(C)C2)cn1. The number of piperazine rings is 1. The van der Waals surface area contributed by atoms with Crippen LogP contribution >= 0.6 is 0 Å². The zero-order valence-corrected chi connectivity index (χ0v) is 15.6. The molecule has 1 unspecified atom stereocenters. The van der Waals surface area contributed by atoms with Gasteiger partial charge in [-0.3, -0.25) is 4.79 Å². The number of carbonyl (C=O) groups excluding carboxylic acids is 1. The van der Waals surface area contributed by atoms with Crippen molar-refractivity contribution in [3.8, 4) is 12.3 Å². The molecule has 1 aromatic carbocycles. The number of rotatable bonds is 4. The Kier molecular flexibility index (Phi) is 4.81. The normalized spacial score (nSPS) is 19.6. The molecule has 0 N–H and O–H groups in total. The van der Waals surface area contributed by atoms with Gasteiger partial charge in [-0.2, -0.15) is 0 Å². The van der Waals surface area contributed by atoms with Gasteiger partial charge >= 0.3 is 0 Å². The maximum atomic E-state index is 12.8. The summed E-state index contributed by atoms with van der Waals surface area (Å²) in [4.78, 5) is 25.5. The van der Waals surface area contributed by atoms with Crippen LogP contribution in [0.3, 0.4) is 0 Å². The second-order valence-corrected chi connectivity index (χ2v) is 7.48. The van der Waals surface area contributed by atoms with Crippen LogP contribution in [-0.4, -0.2) is 46.5 Å². The number of amides is 1. The molecule has 4 rings (SSSR count). The predicted molar refractivity (Wildman–Crippen MR) is 105 cm³/mol. The highest BCUT2D eigenvalue weighted by Gasteiger charge is 2.28. The van der Waals surface area contributed by atoms with Crippen molar-refractivity contribution in [1.29, 1.82) is 0 Å². The van der Waals surface area contributed by atoms with Crippen LogP contribution in [0.4, 0.5) is 5.82 Å². The molecule has 2 fully saturated rings. The standard InChI is InChI=1S/C22H24N4O/c1-3-20-13-24-21(14-23-20)25-10-11-26(16(2)15-25)22(27)12-17-4-6-18(7-5-17)19-8-9-19/h1,4-7,13-14,16,19H,8-12,15H2,2H3. The van der Waals surface area contributed by atoms with E-state index in [0.717, 1.165) is 30.4 Å². The quantitative estimate of drug-likeness (QED) is 0.787. The van der Waals surface area contributed by atoms with Crippen LogP contribution in [0.5, 0.6) is 0 Å². The van der Waals surface area contributed by atoms with Crippen molar-refractivity contribution in [1.82, 2.24) is 14.9 Å². The van der Waals surface area contributed by atoms with Crippen LogP contribution in [0.25, 0.3) is 0 Å². The molecule has 27 heavy (non-hydrogen) atoms. The zero-order chi connectivity index (χ0) is 18.8. The van der Waals surface area contributed by atoms with Crippen LogP contribution < -0.4 is 4.90 Å². The van der Waals surface area contributed by atoms with Gasteiger partial charge in [0.1, 0.15) is 11.5 Å². The van der Waals surface area contributed by atoms with Gasteiger partial charge in [-0.25, -0.2) is 9.97 Å². The van der Waals surface area contributed by atoms with Gasteiger partial charge in [-0.15, -0.1) is 6.42 Å². The summed E-state index contributed by atoms with van der Waals surface area (Å²) in [5, 5.41) is 0. The predicted octanol–water partition coefficient (Wildman–Crippen LogP) is 2.62. The Bertz CT molecular complexity index is 849. The van der Waals surface area contributed by atoms with E-state index in [1.54, 1.807) is 12.4 Å². The Labute approximate surface area is 160 Å². The Balaban J connectivity index is 1.35. The Morgan fingerprint density at radius 1 is 1.19 bits per heavy atom. The highest BCUT2D eigenvalue weighted by Crippen LogP contribution is 2.39. The summed E-state index contributed by atoms with van der Waals surface area (Å²) in [5.41, 5.74) is 3.04. The first-order valence-corrected chi connectivity index (χ1v) is 9.56. The molecule has 1 aliphatic heterocycles. The highest BCUT2D eigenvalue weighted by atomic mass is 16.2. The van der Waals surface area contributed by atoms with Gasteiger partial charge in [-0.1, -0.05) is 24.3 Å². The van der Waals surface area contributed by atoms with Crippen molar-refractivity contribution in [2.45, 2.75) is 38.1 Å². The van der Waals surface area contributed by atoms with Crippen molar-refractivity contribution in [3.05, 3.63) is 53.5 Å². The molecule has 1 atom stereocenters. The maximum Gasteiger partial charge on any atom is 0.227 e. The lowest BCUT2D eigenvalue weighted by atomic mass is 10.0. The number of hydrogen-bond acceptors (Lipinski definition) is 4. The topological polar surface area (TPSA) is 49.3 Å². The number of aromatic nitrogens is 2. The largest absolute Gasteiger partial charge is 0.352 e. The minimum atomic E-state index is 0.131. The second kappa shape index (κ2) is 7.40. The van der Waals surface area contributed by atoms with Crippen molar-refractivity contribution in [3.63, 3.8) is 0 Å². The molecule has 0 radical (unpaired) electrons. The molecule has 2 heterocycles. The molecule has 2 aromatic rings. The van der Waals surface area contributed by atoms with E-state index in [1.165, 1.54) is 18.4 Å². The summed E-state index contributed by atoms with van der Waals surface area (Å²) in [6, 6.07) is 8.70. The fourth-order valence-corrected chi connectivity index (χ4v) is 3.70. The average Bonchev–Trinajstić information content (AvgIpc) is 3.54. The smallest absolute Gasteiger partial charge is 0.227 e. The van der Waals surface area contributed by atoms with Gasteiger partial charge in [0, 0.05) is 25.7 Å². The fraction of sp³-hybridized carbons (Fsp3) is 0.409. The van der Waals surface area contributed by atoms with E-state index in [4.69, 9.17) is 6.42 Å². The molecule has 0 spiro atoms. The van der Waals surface area contributed by atoms with E-state index in [2.05, 4.69) is 52.0 Å². The summed E-state index contributed by atoms with van der Waals surface area (Å²) in [5.74, 6) is 4.23. The number of anilines is 1. The van der Waals surface area contributed by atoms with Crippen LogP contribution in [0.15, 0.2) is 36.7 Å². The summed E-state index contributed by atoms with van der Waals surface area (Å²) in [6.45, 7) is 4.28. The third-order valence-electron chi connectivity index (χ3n) is 5.44. The van der Waals surface area contributed by atoms with Crippen molar-refractivity contribution >= 4 is 11.7 Å². The van der Waals surface area contributed by atoms with Gasteiger partial charge < -0.3 is 9.80 Å². The molecule has 2 aliphatic rings. The van der Waals surface area contributed by atoms with Crippen LogP contribution in [0.2, 0.25) is 0 Å². The molecule has 1 saturated carbocycles. The molecule has 138 valence electrons. The van der Waals surface area contributed by atoms with E-state index in [-0.39, 0.29) is 11.9 Å². The number of benzene rings is 1. The maximum absolute atomic E-state index is 12.8. The Hall–Kier alpha value is -2.87. The molecular weight excluding hydrogens is 336 g/mol. The van der Waals surface area contributed by atoms with Crippen molar-refractivity contribution in [2.75, 3.05) is 24.5 Å². The van der Waals surface area contributed by atoms with E-state index >= 15 is 0 Å². The van der Waals surface area contributed by atoms with E-state index in [9.17, 15) is 4.79 Å². The molecule has 0 bridgehead atoms. The monoisotopic (exact) mass is 360 g/mol. The fourth-order valence-electron chi connectivity index (χ4n) is 3.70. The lowest BCUT2D eigenvalue weighted by molar-refractivity contribution is -0.132. The van der Waals surface area contributed by atoms with Gasteiger partial charge in [0.2, 0.25) is 5.91 Å². The summed E-state index contributed by atoms with van der Waals surface area (Å²) >= 11 is 0. The van der Waals surface area contributed by atoms with Crippen molar-refractivity contribution in [2.24, 2.45) is 0 Å². The summed E-state index contributed by atoms with van der Waals surface area (Å²) < 4.78 is 0. The van der Waals surface area contributed by atoms with E-state index in [1.807, 2.05) is 4.90 Å². The van der Waals surface area contributed by atoms with E-state index in [0.29, 0.717) is 18.7 Å². The molecule has 1 aromatic heterocycles. The number of hydrogen-bond donors (Lipinski definition) is 0. The van der Waals surface area contributed by atoms with Crippen molar-refractivity contribution < 1.29 is 4.79 Å². The molecular formula is C22H24N4O. The minimum Gasteiger partial charge on any atom is -0.352 e. The first-order chi connectivity index (χ1) is 13.1. The van der Waals surface area contributed by atoms with Gasteiger partial charge in [0.25, 0.3) is 0 Å². The third kappa shape index (κ3) is 3.95. The van der Waals surface area contributed by atoms with Crippen LogP contribution in [0, 0.1) is 12.3 Å². The number of nitrogens with zero attached hydrogens (tertiary/aromatic N) is 4. The first-order valence-electron chi connectivity index (χ1n) is 9.56. The second-order valence-electron chi connectivity index (χ2n) is 7.48. The Morgan fingerprint density at radius 3 is 2.56 bits per heavy atom. The molecule has 1 aliphatic carbocycles. The highest BCUT2D eigenvalue weighted by molar-refractivity contribution is 5.79. The number of terminal acetylenes is 1. The lowest BCUT2D eigenvalue weighted by Crippen LogP contribution is -2.54. The van der Waals surface area contributed by atoms with Gasteiger partial charge in [0.15, 0.2) is 0 Å². The van der Waals surface area contributed by atoms with E-state index < -0.39 is 0 Å². The minimum absolute atomic E-state index is 0.131. The van der Waals surface area contributed by atoms with Gasteiger partial charge in [0.05, 0.1) is 18.8 Å². The lowest BCUT2D eigenvalue weighted by Gasteiger charge is -2.40. The zero-order valence-electron chi connectivity index (χ0n) is 15.6. The Morgan fingerprint density at radius 2 is 1.96 bits per heavy atom. The first kappa shape index (κ1) is 17.5. The summed E-state index contributed by atoms with van der Waals surface area (Å²) in [6.07, 6.45) is 11.7. The molecule has 5 heteroatoms. The average molecular weight is 360 g/mol. The molecule has 1 saturated heterocycles. The van der Waals surface area contributed by atoms with Crippen LogP contribution in [-0.2, 0) is 11.2 Å². The van der Waals surface area contributed by atoms with Crippen LogP contribution in [0.1, 0.15) is 42.5 Å². The number of carbonyl (C=O) groups is 1. The molecule has 1 amide bonds. The molecule has 5 nitrogen and oxygen atoms in total.